The van der Waals surface area contributed by atoms with Gasteiger partial charge >= 0.3 is 0 Å². The van der Waals surface area contributed by atoms with Gasteiger partial charge in [0.15, 0.2) is 0 Å². The van der Waals surface area contributed by atoms with Crippen LogP contribution in [0.1, 0.15) is 18.4 Å². The maximum absolute atomic E-state index is 13.6. The highest BCUT2D eigenvalue weighted by Crippen LogP contribution is 2.19. The Morgan fingerprint density at radius 2 is 2.31 bits per heavy atom. The molecule has 2 nitrogen and oxygen atoms in total. The second kappa shape index (κ2) is 6.49. The van der Waals surface area contributed by atoms with E-state index in [0.717, 1.165) is 0 Å². The van der Waals surface area contributed by atoms with E-state index in [-0.39, 0.29) is 16.9 Å². The molecule has 0 saturated carbocycles. The van der Waals surface area contributed by atoms with Crippen LogP contribution in [-0.4, -0.2) is 6.04 Å². The van der Waals surface area contributed by atoms with E-state index >= 15 is 0 Å². The monoisotopic (exact) mass is 240 g/mol. The zero-order valence-corrected chi connectivity index (χ0v) is 9.60. The van der Waals surface area contributed by atoms with E-state index in [0.29, 0.717) is 24.8 Å². The molecule has 16 heavy (non-hydrogen) atoms. The first-order chi connectivity index (χ1) is 7.69. The number of hydrogen-bond donors (Lipinski definition) is 2. The molecule has 0 aliphatic heterocycles. The summed E-state index contributed by atoms with van der Waals surface area (Å²) in [6, 6.07) is 4.90. The summed E-state index contributed by atoms with van der Waals surface area (Å²) in [5, 5.41) is 0.130. The predicted octanol–water partition coefficient (Wildman–Crippen LogP) is 2.27. The summed E-state index contributed by atoms with van der Waals surface area (Å²) in [6.07, 6.45) is 6.96. The molecule has 1 aromatic rings. The van der Waals surface area contributed by atoms with Crippen molar-refractivity contribution in [1.82, 2.24) is 5.43 Å². The molecule has 0 saturated heterocycles. The smallest absolute Gasteiger partial charge is 0.145 e. The van der Waals surface area contributed by atoms with Crippen LogP contribution in [0.4, 0.5) is 4.39 Å². The van der Waals surface area contributed by atoms with E-state index in [1.54, 1.807) is 12.1 Å². The third-order valence-corrected chi connectivity index (χ3v) is 2.66. The highest BCUT2D eigenvalue weighted by molar-refractivity contribution is 6.30. The lowest BCUT2D eigenvalue weighted by Crippen LogP contribution is -2.36. The van der Waals surface area contributed by atoms with Crippen LogP contribution in [0.15, 0.2) is 18.2 Å². The highest BCUT2D eigenvalue weighted by Gasteiger charge is 2.12. The van der Waals surface area contributed by atoms with Gasteiger partial charge in [0, 0.05) is 12.5 Å². The molecule has 0 amide bonds. The van der Waals surface area contributed by atoms with Gasteiger partial charge in [0.1, 0.15) is 5.82 Å². The molecule has 0 heterocycles. The van der Waals surface area contributed by atoms with E-state index in [9.17, 15) is 4.39 Å². The van der Waals surface area contributed by atoms with Gasteiger partial charge in [-0.3, -0.25) is 11.3 Å². The molecule has 0 fully saturated rings. The molecule has 1 unspecified atom stereocenters. The van der Waals surface area contributed by atoms with Crippen LogP contribution in [0.3, 0.4) is 0 Å². The number of nitrogens with one attached hydrogen (secondary N) is 1. The van der Waals surface area contributed by atoms with Crippen molar-refractivity contribution in [1.29, 1.82) is 0 Å². The SMILES string of the molecule is C#CCCC(Cc1cccc(Cl)c1F)NN. The average molecular weight is 241 g/mol. The molecule has 1 atom stereocenters. The number of halogens is 2. The van der Waals surface area contributed by atoms with Crippen molar-refractivity contribution in [2.45, 2.75) is 25.3 Å². The molecule has 3 N–H and O–H groups in total. The molecular weight excluding hydrogens is 227 g/mol. The maximum Gasteiger partial charge on any atom is 0.145 e. The first kappa shape index (κ1) is 13.0. The summed E-state index contributed by atoms with van der Waals surface area (Å²) in [5.74, 6) is 7.52. The summed E-state index contributed by atoms with van der Waals surface area (Å²) >= 11 is 5.69. The molecule has 0 bridgehead atoms. The van der Waals surface area contributed by atoms with Crippen LogP contribution in [0.25, 0.3) is 0 Å². The van der Waals surface area contributed by atoms with Crippen molar-refractivity contribution in [3.05, 3.63) is 34.6 Å². The minimum absolute atomic E-state index is 0.0379. The van der Waals surface area contributed by atoms with Gasteiger partial charge in [-0.15, -0.1) is 12.3 Å². The van der Waals surface area contributed by atoms with E-state index in [4.69, 9.17) is 23.9 Å². The largest absolute Gasteiger partial charge is 0.271 e. The summed E-state index contributed by atoms with van der Waals surface area (Å²) in [7, 11) is 0. The van der Waals surface area contributed by atoms with Gasteiger partial charge in [-0.25, -0.2) is 4.39 Å². The Kier molecular flexibility index (Phi) is 5.27. The Hall–Kier alpha value is -1.08. The third-order valence-electron chi connectivity index (χ3n) is 2.37. The lowest BCUT2D eigenvalue weighted by Gasteiger charge is -2.15. The van der Waals surface area contributed by atoms with E-state index < -0.39 is 0 Å². The van der Waals surface area contributed by atoms with Crippen molar-refractivity contribution >= 4 is 11.6 Å². The third kappa shape index (κ3) is 3.49. The molecule has 0 radical (unpaired) electrons. The zero-order chi connectivity index (χ0) is 12.0. The molecule has 0 spiro atoms. The minimum Gasteiger partial charge on any atom is -0.271 e. The van der Waals surface area contributed by atoms with Crippen molar-refractivity contribution < 1.29 is 4.39 Å². The Morgan fingerprint density at radius 3 is 2.94 bits per heavy atom. The van der Waals surface area contributed by atoms with Crippen molar-refractivity contribution in [2.75, 3.05) is 0 Å². The van der Waals surface area contributed by atoms with Crippen LogP contribution in [0.2, 0.25) is 5.02 Å². The molecule has 0 aliphatic rings. The standard InChI is InChI=1S/C12H14ClFN2/c1-2-3-6-10(16-15)8-9-5-4-7-11(13)12(9)14/h1,4-5,7,10,16H,3,6,8,15H2. The van der Waals surface area contributed by atoms with Crippen molar-refractivity contribution in [3.63, 3.8) is 0 Å². The normalized spacial score (nSPS) is 12.1. The quantitative estimate of drug-likeness (QED) is 0.471. The first-order valence-electron chi connectivity index (χ1n) is 5.01. The van der Waals surface area contributed by atoms with Crippen LogP contribution >= 0.6 is 11.6 Å². The summed E-state index contributed by atoms with van der Waals surface area (Å²) in [5.41, 5.74) is 3.18. The molecule has 0 aromatic heterocycles. The van der Waals surface area contributed by atoms with Gasteiger partial charge in [0.2, 0.25) is 0 Å². The second-order valence-corrected chi connectivity index (χ2v) is 3.93. The fraction of sp³-hybridized carbons (Fsp3) is 0.333. The van der Waals surface area contributed by atoms with Crippen LogP contribution in [0, 0.1) is 18.2 Å². The minimum atomic E-state index is -0.384. The van der Waals surface area contributed by atoms with Gasteiger partial charge in [-0.1, -0.05) is 23.7 Å². The first-order valence-corrected chi connectivity index (χ1v) is 5.39. The second-order valence-electron chi connectivity index (χ2n) is 3.52. The molecular formula is C12H14ClFN2. The lowest BCUT2D eigenvalue weighted by atomic mass is 10.0. The molecule has 1 rings (SSSR count). The lowest BCUT2D eigenvalue weighted by molar-refractivity contribution is 0.485. The van der Waals surface area contributed by atoms with Gasteiger partial charge in [-0.05, 0) is 24.5 Å². The Balaban J connectivity index is 2.71. The number of benzene rings is 1. The number of nitrogens with two attached hydrogens (primary N) is 1. The van der Waals surface area contributed by atoms with Crippen LogP contribution in [-0.2, 0) is 6.42 Å². The molecule has 4 heteroatoms. The van der Waals surface area contributed by atoms with Gasteiger partial charge in [-0.2, -0.15) is 0 Å². The number of hydrogen-bond acceptors (Lipinski definition) is 2. The Morgan fingerprint density at radius 1 is 1.56 bits per heavy atom. The average Bonchev–Trinajstić information content (AvgIpc) is 2.30. The molecule has 0 aliphatic carbocycles. The summed E-state index contributed by atoms with van der Waals surface area (Å²) in [6.45, 7) is 0. The summed E-state index contributed by atoms with van der Waals surface area (Å²) in [4.78, 5) is 0. The Labute approximate surface area is 99.9 Å². The zero-order valence-electron chi connectivity index (χ0n) is 8.84. The van der Waals surface area contributed by atoms with Crippen molar-refractivity contribution in [3.8, 4) is 12.3 Å². The number of rotatable bonds is 5. The maximum atomic E-state index is 13.6. The van der Waals surface area contributed by atoms with Crippen LogP contribution in [0.5, 0.6) is 0 Å². The molecule has 1 aromatic carbocycles. The molecule has 86 valence electrons. The Bertz CT molecular complexity index is 387. The summed E-state index contributed by atoms with van der Waals surface area (Å²) < 4.78 is 13.6. The fourth-order valence-electron chi connectivity index (χ4n) is 1.47. The van der Waals surface area contributed by atoms with E-state index in [2.05, 4.69) is 11.3 Å². The van der Waals surface area contributed by atoms with Crippen LogP contribution < -0.4 is 11.3 Å². The van der Waals surface area contributed by atoms with E-state index in [1.807, 2.05) is 0 Å². The van der Waals surface area contributed by atoms with Gasteiger partial charge in [0.05, 0.1) is 5.02 Å². The van der Waals surface area contributed by atoms with Crippen molar-refractivity contribution in [2.24, 2.45) is 5.84 Å². The van der Waals surface area contributed by atoms with Gasteiger partial charge in [0.25, 0.3) is 0 Å². The number of terminal acetylenes is 1. The van der Waals surface area contributed by atoms with E-state index in [1.165, 1.54) is 6.07 Å². The van der Waals surface area contributed by atoms with Gasteiger partial charge < -0.3 is 0 Å². The number of hydrazine groups is 1. The highest BCUT2D eigenvalue weighted by atomic mass is 35.5. The predicted molar refractivity (Wildman–Crippen MR) is 64.3 cm³/mol. The topological polar surface area (TPSA) is 38.0 Å². The fourth-order valence-corrected chi connectivity index (χ4v) is 1.67.